The molecule has 0 atom stereocenters. The maximum Gasteiger partial charge on any atom is 0.137 e. The van der Waals surface area contributed by atoms with Gasteiger partial charge in [-0.3, -0.25) is 0 Å². The van der Waals surface area contributed by atoms with E-state index in [-0.39, 0.29) is 0 Å². The normalized spacial score (nSPS) is 11.1. The molecule has 0 aliphatic heterocycles. The van der Waals surface area contributed by atoms with E-state index in [0.29, 0.717) is 17.5 Å². The second-order valence-electron chi connectivity index (χ2n) is 4.96. The minimum Gasteiger partial charge on any atom is -0.310 e. The second kappa shape index (κ2) is 7.38. The lowest BCUT2D eigenvalue weighted by Crippen LogP contribution is -2.22. The van der Waals surface area contributed by atoms with E-state index in [1.54, 1.807) is 0 Å². The van der Waals surface area contributed by atoms with Gasteiger partial charge in [0.1, 0.15) is 11.6 Å². The van der Waals surface area contributed by atoms with Gasteiger partial charge < -0.3 is 5.32 Å². The molecule has 5 heteroatoms. The Morgan fingerprint density at radius 1 is 1.10 bits per heavy atom. The molecule has 2 aromatic carbocycles. The van der Waals surface area contributed by atoms with Crippen molar-refractivity contribution in [2.45, 2.75) is 36.2 Å². The average molecular weight is 372 g/mol. The smallest absolute Gasteiger partial charge is 0.137 e. The molecule has 0 bridgehead atoms. The third kappa shape index (κ3) is 4.80. The van der Waals surface area contributed by atoms with E-state index in [9.17, 15) is 8.78 Å². The lowest BCUT2D eigenvalue weighted by Gasteiger charge is -2.13. The molecule has 2 aromatic rings. The van der Waals surface area contributed by atoms with Crippen molar-refractivity contribution in [3.8, 4) is 0 Å². The first-order chi connectivity index (χ1) is 9.95. The Bertz CT molecular complexity index is 632. The van der Waals surface area contributed by atoms with Crippen molar-refractivity contribution >= 4 is 27.7 Å². The lowest BCUT2D eigenvalue weighted by atomic mass is 10.2. The van der Waals surface area contributed by atoms with Crippen molar-refractivity contribution in [2.75, 3.05) is 0 Å². The summed E-state index contributed by atoms with van der Waals surface area (Å²) in [6, 6.07) is 9.67. The Kier molecular flexibility index (Phi) is 5.79. The zero-order valence-corrected chi connectivity index (χ0v) is 14.2. The van der Waals surface area contributed by atoms with Gasteiger partial charge in [-0.25, -0.2) is 8.78 Å². The van der Waals surface area contributed by atoms with E-state index in [0.717, 1.165) is 27.1 Å². The highest BCUT2D eigenvalue weighted by atomic mass is 79.9. The minimum atomic E-state index is -0.433. The molecule has 2 rings (SSSR count). The summed E-state index contributed by atoms with van der Waals surface area (Å²) in [5, 5.41) is 3.34. The molecule has 0 unspecified atom stereocenters. The Hall–Kier alpha value is -0.910. The molecule has 21 heavy (non-hydrogen) atoms. The van der Waals surface area contributed by atoms with Crippen molar-refractivity contribution in [3.05, 3.63) is 58.1 Å². The van der Waals surface area contributed by atoms with Crippen LogP contribution < -0.4 is 5.32 Å². The summed E-state index contributed by atoms with van der Waals surface area (Å²) < 4.78 is 28.0. The van der Waals surface area contributed by atoms with Crippen LogP contribution in [0.2, 0.25) is 0 Å². The molecule has 0 heterocycles. The summed E-state index contributed by atoms with van der Waals surface area (Å²) in [4.78, 5) is 1.21. The Morgan fingerprint density at radius 3 is 2.57 bits per heavy atom. The Balaban J connectivity index is 2.28. The maximum atomic E-state index is 13.8. The van der Waals surface area contributed by atoms with E-state index in [1.807, 2.05) is 18.2 Å². The summed E-state index contributed by atoms with van der Waals surface area (Å²) in [5.74, 6) is -0.843. The molecular formula is C16H16BrF2NS. The van der Waals surface area contributed by atoms with Gasteiger partial charge in [0, 0.05) is 22.0 Å². The van der Waals surface area contributed by atoms with Gasteiger partial charge in [0.25, 0.3) is 0 Å². The third-order valence-electron chi connectivity index (χ3n) is 2.84. The molecule has 0 saturated carbocycles. The molecule has 0 spiro atoms. The van der Waals surface area contributed by atoms with Gasteiger partial charge in [-0.15, -0.1) is 0 Å². The number of rotatable bonds is 5. The molecule has 0 radical (unpaired) electrons. The molecule has 0 aliphatic rings. The van der Waals surface area contributed by atoms with Crippen LogP contribution in [0.15, 0.2) is 50.7 Å². The van der Waals surface area contributed by atoms with Crippen molar-refractivity contribution in [1.29, 1.82) is 0 Å². The summed E-state index contributed by atoms with van der Waals surface area (Å²) in [7, 11) is 0. The SMILES string of the molecule is CC(C)NCc1cc(Br)ccc1Sc1cc(F)ccc1F. The van der Waals surface area contributed by atoms with Gasteiger partial charge >= 0.3 is 0 Å². The highest BCUT2D eigenvalue weighted by molar-refractivity contribution is 9.10. The highest BCUT2D eigenvalue weighted by Crippen LogP contribution is 2.34. The van der Waals surface area contributed by atoms with E-state index in [2.05, 4.69) is 35.1 Å². The molecule has 0 aliphatic carbocycles. The predicted octanol–water partition coefficient (Wildman–Crippen LogP) is 5.38. The van der Waals surface area contributed by atoms with Crippen LogP contribution in [0.3, 0.4) is 0 Å². The predicted molar refractivity (Wildman–Crippen MR) is 86.6 cm³/mol. The monoisotopic (exact) mass is 371 g/mol. The fourth-order valence-corrected chi connectivity index (χ4v) is 3.15. The molecule has 112 valence electrons. The maximum absolute atomic E-state index is 13.8. The Labute approximate surface area is 136 Å². The topological polar surface area (TPSA) is 12.0 Å². The van der Waals surface area contributed by atoms with Crippen LogP contribution in [-0.4, -0.2) is 6.04 Å². The van der Waals surface area contributed by atoms with Gasteiger partial charge in [-0.2, -0.15) is 0 Å². The van der Waals surface area contributed by atoms with Crippen LogP contribution in [-0.2, 0) is 6.54 Å². The number of nitrogens with one attached hydrogen (secondary N) is 1. The quantitative estimate of drug-likeness (QED) is 0.757. The first-order valence-corrected chi connectivity index (χ1v) is 8.21. The standard InChI is InChI=1S/C16H16BrF2NS/c1-10(2)20-9-11-7-12(17)3-6-15(11)21-16-8-13(18)4-5-14(16)19/h3-8,10,20H,9H2,1-2H3. The molecule has 0 amide bonds. The van der Waals surface area contributed by atoms with Gasteiger partial charge in [-0.1, -0.05) is 41.5 Å². The number of hydrogen-bond acceptors (Lipinski definition) is 2. The van der Waals surface area contributed by atoms with E-state index < -0.39 is 11.6 Å². The Morgan fingerprint density at radius 2 is 1.86 bits per heavy atom. The molecule has 1 nitrogen and oxygen atoms in total. The zero-order valence-electron chi connectivity index (χ0n) is 11.8. The van der Waals surface area contributed by atoms with E-state index >= 15 is 0 Å². The second-order valence-corrected chi connectivity index (χ2v) is 6.96. The number of hydrogen-bond donors (Lipinski definition) is 1. The minimum absolute atomic E-state index is 0.295. The van der Waals surface area contributed by atoms with E-state index in [1.165, 1.54) is 17.8 Å². The van der Waals surface area contributed by atoms with Gasteiger partial charge in [0.15, 0.2) is 0 Å². The molecular weight excluding hydrogens is 356 g/mol. The van der Waals surface area contributed by atoms with Crippen LogP contribution in [0.4, 0.5) is 8.78 Å². The summed E-state index contributed by atoms with van der Waals surface area (Å²) in [5.41, 5.74) is 1.05. The first-order valence-electron chi connectivity index (χ1n) is 6.60. The number of halogens is 3. The van der Waals surface area contributed by atoms with Crippen LogP contribution in [0.25, 0.3) is 0 Å². The lowest BCUT2D eigenvalue weighted by molar-refractivity contribution is 0.576. The highest BCUT2D eigenvalue weighted by Gasteiger charge is 2.10. The van der Waals surface area contributed by atoms with Gasteiger partial charge in [0.2, 0.25) is 0 Å². The summed E-state index contributed by atoms with van der Waals surface area (Å²) in [6.45, 7) is 4.81. The number of benzene rings is 2. The van der Waals surface area contributed by atoms with Crippen LogP contribution in [0, 0.1) is 11.6 Å². The first kappa shape index (κ1) is 16.5. The average Bonchev–Trinajstić information content (AvgIpc) is 2.43. The van der Waals surface area contributed by atoms with Crippen LogP contribution in [0.5, 0.6) is 0 Å². The van der Waals surface area contributed by atoms with Crippen LogP contribution >= 0.6 is 27.7 Å². The summed E-state index contributed by atoms with van der Waals surface area (Å²) in [6.07, 6.45) is 0. The van der Waals surface area contributed by atoms with Crippen molar-refractivity contribution in [2.24, 2.45) is 0 Å². The fourth-order valence-electron chi connectivity index (χ4n) is 1.77. The molecule has 0 aromatic heterocycles. The van der Waals surface area contributed by atoms with Crippen molar-refractivity contribution < 1.29 is 8.78 Å². The van der Waals surface area contributed by atoms with Crippen molar-refractivity contribution in [3.63, 3.8) is 0 Å². The third-order valence-corrected chi connectivity index (χ3v) is 4.48. The largest absolute Gasteiger partial charge is 0.310 e. The van der Waals surface area contributed by atoms with Gasteiger partial charge in [-0.05, 0) is 42.0 Å². The zero-order chi connectivity index (χ0) is 15.4. The molecule has 1 N–H and O–H groups in total. The van der Waals surface area contributed by atoms with Crippen LogP contribution in [0.1, 0.15) is 19.4 Å². The van der Waals surface area contributed by atoms with Crippen molar-refractivity contribution in [1.82, 2.24) is 5.32 Å². The van der Waals surface area contributed by atoms with E-state index in [4.69, 9.17) is 0 Å². The van der Waals surface area contributed by atoms with Gasteiger partial charge in [0.05, 0.1) is 4.90 Å². The molecule has 0 fully saturated rings. The fraction of sp³-hybridized carbons (Fsp3) is 0.250. The molecule has 0 saturated heterocycles. The summed E-state index contributed by atoms with van der Waals surface area (Å²) >= 11 is 4.68.